The van der Waals surface area contributed by atoms with Gasteiger partial charge < -0.3 is 14.8 Å². The van der Waals surface area contributed by atoms with Crippen molar-refractivity contribution in [2.75, 3.05) is 19.8 Å². The molecule has 1 aromatic carbocycles. The minimum Gasteiger partial charge on any atom is -0.490 e. The first kappa shape index (κ1) is 17.4. The van der Waals surface area contributed by atoms with E-state index in [1.54, 1.807) is 0 Å². The Kier molecular flexibility index (Phi) is 8.38. The molecule has 0 spiro atoms. The molecule has 0 unspecified atom stereocenters. The zero-order valence-electron chi connectivity index (χ0n) is 13.7. The SMILES string of the molecule is CC#CCCOc1ccc(CNCC(C)C)cc1OCC. The maximum atomic E-state index is 5.74. The van der Waals surface area contributed by atoms with Crippen LogP contribution in [0.5, 0.6) is 11.5 Å². The molecule has 3 nitrogen and oxygen atoms in total. The number of hydrogen-bond donors (Lipinski definition) is 1. The molecule has 0 fully saturated rings. The topological polar surface area (TPSA) is 30.5 Å². The van der Waals surface area contributed by atoms with Crippen LogP contribution in [0.1, 0.15) is 39.7 Å². The van der Waals surface area contributed by atoms with Crippen molar-refractivity contribution < 1.29 is 9.47 Å². The third kappa shape index (κ3) is 7.06. The highest BCUT2D eigenvalue weighted by Crippen LogP contribution is 2.28. The summed E-state index contributed by atoms with van der Waals surface area (Å²) in [5, 5.41) is 3.44. The largest absolute Gasteiger partial charge is 0.490 e. The molecule has 116 valence electrons. The molecule has 0 aromatic heterocycles. The molecule has 0 saturated heterocycles. The molecule has 3 heteroatoms. The molecule has 0 aliphatic carbocycles. The van der Waals surface area contributed by atoms with Crippen molar-refractivity contribution >= 4 is 0 Å². The molecule has 0 heterocycles. The lowest BCUT2D eigenvalue weighted by molar-refractivity contribution is 0.281. The summed E-state index contributed by atoms with van der Waals surface area (Å²) in [7, 11) is 0. The summed E-state index contributed by atoms with van der Waals surface area (Å²) in [5.41, 5.74) is 1.21. The molecule has 1 N–H and O–H groups in total. The van der Waals surface area contributed by atoms with Crippen LogP contribution in [0.3, 0.4) is 0 Å². The maximum Gasteiger partial charge on any atom is 0.161 e. The quantitative estimate of drug-likeness (QED) is 0.556. The number of rotatable bonds is 9. The molecule has 0 aliphatic heterocycles. The molecule has 0 saturated carbocycles. The van der Waals surface area contributed by atoms with Crippen LogP contribution in [-0.2, 0) is 6.54 Å². The van der Waals surface area contributed by atoms with Gasteiger partial charge in [0.05, 0.1) is 13.2 Å². The van der Waals surface area contributed by atoms with E-state index in [1.807, 2.05) is 19.9 Å². The van der Waals surface area contributed by atoms with E-state index >= 15 is 0 Å². The zero-order chi connectivity index (χ0) is 15.5. The van der Waals surface area contributed by atoms with Crippen LogP contribution in [-0.4, -0.2) is 19.8 Å². The summed E-state index contributed by atoms with van der Waals surface area (Å²) >= 11 is 0. The Labute approximate surface area is 129 Å². The highest BCUT2D eigenvalue weighted by molar-refractivity contribution is 5.43. The van der Waals surface area contributed by atoms with Crippen LogP contribution in [0.4, 0.5) is 0 Å². The summed E-state index contributed by atoms with van der Waals surface area (Å²) < 4.78 is 11.4. The minimum absolute atomic E-state index is 0.589. The third-order valence-corrected chi connectivity index (χ3v) is 2.85. The summed E-state index contributed by atoms with van der Waals surface area (Å²) in [6.45, 7) is 11.3. The second-order valence-corrected chi connectivity index (χ2v) is 5.26. The number of benzene rings is 1. The van der Waals surface area contributed by atoms with Gasteiger partial charge in [0, 0.05) is 13.0 Å². The lowest BCUT2D eigenvalue weighted by Crippen LogP contribution is -2.19. The van der Waals surface area contributed by atoms with Gasteiger partial charge in [-0.05, 0) is 44.0 Å². The average Bonchev–Trinajstić information content (AvgIpc) is 2.45. The fourth-order valence-corrected chi connectivity index (χ4v) is 1.89. The smallest absolute Gasteiger partial charge is 0.161 e. The predicted octanol–water partition coefficient (Wildman–Crippen LogP) is 3.62. The first-order valence-electron chi connectivity index (χ1n) is 7.66. The Balaban J connectivity index is 2.63. The fraction of sp³-hybridized carbons (Fsp3) is 0.556. The van der Waals surface area contributed by atoms with Gasteiger partial charge in [-0.1, -0.05) is 19.9 Å². The standard InChI is InChI=1S/C18H27NO2/c1-5-7-8-11-21-17-10-9-16(12-18(17)20-6-2)14-19-13-15(3)4/h9-10,12,15,19H,6,8,11,13-14H2,1-4H3. The van der Waals surface area contributed by atoms with E-state index in [-0.39, 0.29) is 0 Å². The van der Waals surface area contributed by atoms with Crippen LogP contribution < -0.4 is 14.8 Å². The second kappa shape index (κ2) is 10.1. The predicted molar refractivity (Wildman–Crippen MR) is 87.7 cm³/mol. The lowest BCUT2D eigenvalue weighted by atomic mass is 10.2. The molecule has 0 amide bonds. The number of nitrogens with one attached hydrogen (secondary N) is 1. The fourth-order valence-electron chi connectivity index (χ4n) is 1.89. The molecular weight excluding hydrogens is 262 g/mol. The Morgan fingerprint density at radius 2 is 2.00 bits per heavy atom. The van der Waals surface area contributed by atoms with Crippen LogP contribution in [0.25, 0.3) is 0 Å². The van der Waals surface area contributed by atoms with Gasteiger partial charge in [0.25, 0.3) is 0 Å². The first-order valence-corrected chi connectivity index (χ1v) is 7.66. The van der Waals surface area contributed by atoms with E-state index in [0.29, 0.717) is 19.1 Å². The van der Waals surface area contributed by atoms with E-state index in [1.165, 1.54) is 5.56 Å². The summed E-state index contributed by atoms with van der Waals surface area (Å²) in [6, 6.07) is 6.12. The zero-order valence-corrected chi connectivity index (χ0v) is 13.7. The highest BCUT2D eigenvalue weighted by Gasteiger charge is 2.06. The van der Waals surface area contributed by atoms with Gasteiger partial charge in [-0.15, -0.1) is 11.8 Å². The highest BCUT2D eigenvalue weighted by atomic mass is 16.5. The van der Waals surface area contributed by atoms with Crippen molar-refractivity contribution in [1.82, 2.24) is 5.32 Å². The Bertz CT molecular complexity index is 472. The van der Waals surface area contributed by atoms with Crippen molar-refractivity contribution in [1.29, 1.82) is 0 Å². The molecule has 1 aromatic rings. The van der Waals surface area contributed by atoms with Gasteiger partial charge in [0.15, 0.2) is 11.5 Å². The second-order valence-electron chi connectivity index (χ2n) is 5.26. The van der Waals surface area contributed by atoms with Crippen LogP contribution in [0, 0.1) is 17.8 Å². The Morgan fingerprint density at radius 3 is 2.67 bits per heavy atom. The lowest BCUT2D eigenvalue weighted by Gasteiger charge is -2.13. The van der Waals surface area contributed by atoms with Crippen LogP contribution in [0.2, 0.25) is 0 Å². The molecular formula is C18H27NO2. The van der Waals surface area contributed by atoms with Crippen molar-refractivity contribution in [3.8, 4) is 23.3 Å². The van der Waals surface area contributed by atoms with Crippen molar-refractivity contribution in [2.45, 2.75) is 40.7 Å². The first-order chi connectivity index (χ1) is 10.2. The molecule has 21 heavy (non-hydrogen) atoms. The van der Waals surface area contributed by atoms with Gasteiger partial charge in [0.1, 0.15) is 0 Å². The summed E-state index contributed by atoms with van der Waals surface area (Å²) in [5.74, 6) is 8.12. The van der Waals surface area contributed by atoms with E-state index < -0.39 is 0 Å². The molecule has 0 atom stereocenters. The molecule has 1 rings (SSSR count). The van der Waals surface area contributed by atoms with Crippen LogP contribution >= 0.6 is 0 Å². The molecule has 0 aliphatic rings. The van der Waals surface area contributed by atoms with E-state index in [4.69, 9.17) is 9.47 Å². The van der Waals surface area contributed by atoms with E-state index in [2.05, 4.69) is 43.1 Å². The number of hydrogen-bond acceptors (Lipinski definition) is 3. The Hall–Kier alpha value is -1.66. The maximum absolute atomic E-state index is 5.74. The van der Waals surface area contributed by atoms with Crippen LogP contribution in [0.15, 0.2) is 18.2 Å². The van der Waals surface area contributed by atoms with Gasteiger partial charge in [0.2, 0.25) is 0 Å². The van der Waals surface area contributed by atoms with Gasteiger partial charge >= 0.3 is 0 Å². The molecule has 0 bridgehead atoms. The Morgan fingerprint density at radius 1 is 1.19 bits per heavy atom. The normalized spacial score (nSPS) is 10.1. The number of ether oxygens (including phenoxy) is 2. The van der Waals surface area contributed by atoms with Crippen molar-refractivity contribution in [3.63, 3.8) is 0 Å². The average molecular weight is 289 g/mol. The van der Waals surface area contributed by atoms with Crippen molar-refractivity contribution in [2.24, 2.45) is 5.92 Å². The van der Waals surface area contributed by atoms with Gasteiger partial charge in [-0.3, -0.25) is 0 Å². The van der Waals surface area contributed by atoms with Gasteiger partial charge in [-0.25, -0.2) is 0 Å². The molecule has 0 radical (unpaired) electrons. The summed E-state index contributed by atoms with van der Waals surface area (Å²) in [6.07, 6.45) is 0.736. The monoisotopic (exact) mass is 289 g/mol. The third-order valence-electron chi connectivity index (χ3n) is 2.85. The summed E-state index contributed by atoms with van der Waals surface area (Å²) in [4.78, 5) is 0. The van der Waals surface area contributed by atoms with E-state index in [0.717, 1.165) is 31.0 Å². The van der Waals surface area contributed by atoms with E-state index in [9.17, 15) is 0 Å². The minimum atomic E-state index is 0.589. The van der Waals surface area contributed by atoms with Gasteiger partial charge in [-0.2, -0.15) is 0 Å². The van der Waals surface area contributed by atoms with Crippen molar-refractivity contribution in [3.05, 3.63) is 23.8 Å².